The number of carboxylic acid groups (broad SMARTS) is 4. The zero-order valence-electron chi connectivity index (χ0n) is 22.8. The summed E-state index contributed by atoms with van der Waals surface area (Å²) in [7, 11) is 0. The van der Waals surface area contributed by atoms with Gasteiger partial charge >= 0.3 is 23.9 Å². The van der Waals surface area contributed by atoms with Gasteiger partial charge in [-0.3, -0.25) is 9.59 Å². The molecule has 0 fully saturated rings. The second kappa shape index (κ2) is 12.0. The molecule has 3 heterocycles. The molecule has 0 spiro atoms. The number of carbonyl (C=O) groups is 4. The molecule has 0 aliphatic heterocycles. The maximum absolute atomic E-state index is 12.0. The van der Waals surface area contributed by atoms with Crippen molar-refractivity contribution in [2.75, 3.05) is 0 Å². The molecule has 0 atom stereocenters. The van der Waals surface area contributed by atoms with E-state index in [4.69, 9.17) is 0 Å². The molecule has 0 bridgehead atoms. The first-order valence-corrected chi connectivity index (χ1v) is 15.3. The highest BCUT2D eigenvalue weighted by Gasteiger charge is 2.23. The molecule has 11 heteroatoms. The van der Waals surface area contributed by atoms with Crippen LogP contribution < -0.4 is 0 Å². The molecule has 0 saturated heterocycles. The topological polar surface area (TPSA) is 149 Å². The van der Waals surface area contributed by atoms with E-state index in [1.807, 2.05) is 24.3 Å². The van der Waals surface area contributed by atoms with Crippen LogP contribution in [0.5, 0.6) is 0 Å². The van der Waals surface area contributed by atoms with Crippen molar-refractivity contribution in [1.29, 1.82) is 0 Å². The molecule has 5 aromatic rings. The predicted molar refractivity (Wildman–Crippen MR) is 168 cm³/mol. The zero-order chi connectivity index (χ0) is 31.0. The third-order valence-corrected chi connectivity index (χ3v) is 10.6. The van der Waals surface area contributed by atoms with Gasteiger partial charge in [0.15, 0.2) is 0 Å². The molecular weight excluding hydrogens is 609 g/mol. The molecule has 3 aromatic heterocycles. The predicted octanol–water partition coefficient (Wildman–Crippen LogP) is 7.81. The highest BCUT2D eigenvalue weighted by atomic mass is 32.1. The third kappa shape index (κ3) is 6.29. The average Bonchev–Trinajstić information content (AvgIpc) is 3.66. The second-order valence-electron chi connectivity index (χ2n) is 9.94. The molecule has 8 nitrogen and oxygen atoms in total. The van der Waals surface area contributed by atoms with E-state index in [-0.39, 0.29) is 24.0 Å². The summed E-state index contributed by atoms with van der Waals surface area (Å²) in [5, 5.41) is 38.8. The molecule has 0 amide bonds. The fourth-order valence-corrected chi connectivity index (χ4v) is 8.55. The van der Waals surface area contributed by atoms with Crippen molar-refractivity contribution < 1.29 is 39.6 Å². The van der Waals surface area contributed by atoms with Crippen molar-refractivity contribution >= 4 is 57.9 Å². The molecule has 0 radical (unpaired) electrons. The second-order valence-corrected chi connectivity index (χ2v) is 13.1. The molecule has 0 saturated carbocycles. The van der Waals surface area contributed by atoms with E-state index in [0.29, 0.717) is 41.8 Å². The van der Waals surface area contributed by atoms with Gasteiger partial charge in [-0.05, 0) is 61.4 Å². The number of hydrogen-bond donors (Lipinski definition) is 4. The summed E-state index contributed by atoms with van der Waals surface area (Å²) in [5.41, 5.74) is 3.92. The standard InChI is InChI=1S/C32H24O8S3/c1-15-3-5-19(21(9-15)31(37)38)25-11-17(13-27(33)34)29(42-25)23-7-8-24(41-23)30-18(14-28(35)36)12-26(43-30)20-6-4-16(2)10-22(20)32(39)40/h3-12H,13-14H2,1-2H3,(H,33,34)(H,35,36)(H,37,38)(H,39,40). The molecule has 2 aromatic carbocycles. The van der Waals surface area contributed by atoms with E-state index < -0.39 is 23.9 Å². The quantitative estimate of drug-likeness (QED) is 0.122. The number of hydrogen-bond acceptors (Lipinski definition) is 7. The number of aliphatic carboxylic acids is 2. The van der Waals surface area contributed by atoms with Crippen molar-refractivity contribution in [2.45, 2.75) is 26.7 Å². The van der Waals surface area contributed by atoms with Crippen molar-refractivity contribution in [3.63, 3.8) is 0 Å². The van der Waals surface area contributed by atoms with Gasteiger partial charge in [0, 0.05) is 40.4 Å². The van der Waals surface area contributed by atoms with Gasteiger partial charge in [-0.1, -0.05) is 35.4 Å². The summed E-state index contributed by atoms with van der Waals surface area (Å²) in [6.07, 6.45) is -0.516. The van der Waals surface area contributed by atoms with Crippen LogP contribution in [0.15, 0.2) is 60.7 Å². The maximum Gasteiger partial charge on any atom is 0.336 e. The number of benzene rings is 2. The lowest BCUT2D eigenvalue weighted by molar-refractivity contribution is -0.137. The molecular formula is C32H24O8S3. The minimum atomic E-state index is -1.08. The van der Waals surface area contributed by atoms with E-state index in [2.05, 4.69) is 0 Å². The summed E-state index contributed by atoms with van der Waals surface area (Å²) in [6.45, 7) is 3.60. The summed E-state index contributed by atoms with van der Waals surface area (Å²) < 4.78 is 0. The zero-order valence-corrected chi connectivity index (χ0v) is 25.3. The number of aryl methyl sites for hydroxylation is 2. The Balaban J connectivity index is 1.61. The van der Waals surface area contributed by atoms with Crippen LogP contribution in [0, 0.1) is 13.8 Å². The number of aromatic carboxylic acids is 2. The molecule has 0 unspecified atom stereocenters. The summed E-state index contributed by atoms with van der Waals surface area (Å²) >= 11 is 3.98. The number of rotatable bonds is 10. The Kier molecular flexibility index (Phi) is 8.32. The van der Waals surface area contributed by atoms with Gasteiger partial charge in [-0.2, -0.15) is 0 Å². The Morgan fingerprint density at radius 3 is 1.28 bits per heavy atom. The van der Waals surface area contributed by atoms with E-state index in [1.54, 1.807) is 50.2 Å². The third-order valence-electron chi connectivity index (χ3n) is 6.70. The van der Waals surface area contributed by atoms with E-state index in [1.165, 1.54) is 34.0 Å². The van der Waals surface area contributed by atoms with Crippen LogP contribution >= 0.6 is 34.0 Å². The van der Waals surface area contributed by atoms with Crippen LogP contribution in [-0.4, -0.2) is 44.3 Å². The van der Waals surface area contributed by atoms with Gasteiger partial charge in [-0.15, -0.1) is 34.0 Å². The molecule has 218 valence electrons. The van der Waals surface area contributed by atoms with Gasteiger partial charge in [0.2, 0.25) is 0 Å². The highest BCUT2D eigenvalue weighted by molar-refractivity contribution is 7.28. The molecule has 0 aliphatic rings. The SMILES string of the molecule is Cc1ccc(-c2cc(CC(=O)O)c(-c3ccc(-c4sc(-c5ccc(C)cc5C(=O)O)cc4CC(=O)O)s3)s2)c(C(=O)O)c1. The molecule has 0 aliphatic carbocycles. The van der Waals surface area contributed by atoms with Crippen molar-refractivity contribution in [3.8, 4) is 40.4 Å². The Labute approximate surface area is 257 Å². The smallest absolute Gasteiger partial charge is 0.336 e. The van der Waals surface area contributed by atoms with Gasteiger partial charge < -0.3 is 20.4 Å². The maximum atomic E-state index is 12.0. The van der Waals surface area contributed by atoms with Crippen LogP contribution in [0.3, 0.4) is 0 Å². The molecule has 5 rings (SSSR count). The van der Waals surface area contributed by atoms with Gasteiger partial charge in [0.1, 0.15) is 0 Å². The van der Waals surface area contributed by atoms with Crippen LogP contribution in [0.25, 0.3) is 40.4 Å². The Hall–Kier alpha value is -4.58. The minimum absolute atomic E-state index is 0.128. The number of thiophene rings is 3. The van der Waals surface area contributed by atoms with Crippen molar-refractivity contribution in [2.24, 2.45) is 0 Å². The van der Waals surface area contributed by atoms with Crippen LogP contribution in [0.4, 0.5) is 0 Å². The van der Waals surface area contributed by atoms with Crippen LogP contribution in [-0.2, 0) is 22.4 Å². The molecule has 4 N–H and O–H groups in total. The van der Waals surface area contributed by atoms with Gasteiger partial charge in [0.05, 0.1) is 24.0 Å². The summed E-state index contributed by atoms with van der Waals surface area (Å²) in [6, 6.07) is 17.3. The van der Waals surface area contributed by atoms with Crippen LogP contribution in [0.1, 0.15) is 43.0 Å². The highest BCUT2D eigenvalue weighted by Crippen LogP contribution is 2.47. The van der Waals surface area contributed by atoms with E-state index in [0.717, 1.165) is 20.9 Å². The van der Waals surface area contributed by atoms with Crippen molar-refractivity contribution in [3.05, 3.63) is 94.0 Å². The fraction of sp³-hybridized carbons (Fsp3) is 0.125. The largest absolute Gasteiger partial charge is 0.481 e. The van der Waals surface area contributed by atoms with Crippen molar-refractivity contribution in [1.82, 2.24) is 0 Å². The summed E-state index contributed by atoms with van der Waals surface area (Å²) in [5.74, 6) is -4.20. The summed E-state index contributed by atoms with van der Waals surface area (Å²) in [4.78, 5) is 51.6. The molecule has 43 heavy (non-hydrogen) atoms. The van der Waals surface area contributed by atoms with Gasteiger partial charge in [0.25, 0.3) is 0 Å². The fourth-order valence-electron chi connectivity index (χ4n) is 4.81. The number of carboxylic acids is 4. The first-order valence-electron chi connectivity index (χ1n) is 12.9. The monoisotopic (exact) mass is 632 g/mol. The van der Waals surface area contributed by atoms with E-state index in [9.17, 15) is 39.6 Å². The van der Waals surface area contributed by atoms with E-state index >= 15 is 0 Å². The lowest BCUT2D eigenvalue weighted by Gasteiger charge is -2.05. The first-order chi connectivity index (χ1) is 20.4. The average molecular weight is 633 g/mol. The first kappa shape index (κ1) is 29.9. The van der Waals surface area contributed by atoms with Crippen LogP contribution in [0.2, 0.25) is 0 Å². The Morgan fingerprint density at radius 1 is 0.535 bits per heavy atom. The normalized spacial score (nSPS) is 11.0. The Bertz CT molecular complexity index is 1790. The van der Waals surface area contributed by atoms with Gasteiger partial charge in [-0.25, -0.2) is 9.59 Å². The minimum Gasteiger partial charge on any atom is -0.481 e. The Morgan fingerprint density at radius 2 is 0.930 bits per heavy atom. The lowest BCUT2D eigenvalue weighted by atomic mass is 10.0. The lowest BCUT2D eigenvalue weighted by Crippen LogP contribution is -2.00.